The van der Waals surface area contributed by atoms with Gasteiger partial charge in [0.05, 0.1) is 6.54 Å². The van der Waals surface area contributed by atoms with Crippen molar-refractivity contribution in [3.05, 3.63) is 34.9 Å². The van der Waals surface area contributed by atoms with Gasteiger partial charge in [0.1, 0.15) is 0 Å². The maximum atomic E-state index is 11.4. The number of carbonyl (C=O) groups is 1. The summed E-state index contributed by atoms with van der Waals surface area (Å²) >= 11 is 5.71. The molecule has 0 atom stereocenters. The largest absolute Gasteiger partial charge is 0.294 e. The standard InChI is InChI=1S/C10H8ClNO2/c11-9-3-1-2-8(6-9)10(14)4-5-12-7-13/h1-3,6H,4-5H2. The number of isocyanates is 1. The van der Waals surface area contributed by atoms with Crippen molar-refractivity contribution in [2.24, 2.45) is 4.99 Å². The molecule has 0 heterocycles. The van der Waals surface area contributed by atoms with E-state index in [4.69, 9.17) is 11.6 Å². The van der Waals surface area contributed by atoms with Crippen molar-refractivity contribution in [3.8, 4) is 0 Å². The molecule has 0 unspecified atom stereocenters. The smallest absolute Gasteiger partial charge is 0.234 e. The lowest BCUT2D eigenvalue weighted by molar-refractivity contribution is 0.0985. The fourth-order valence-corrected chi connectivity index (χ4v) is 1.20. The van der Waals surface area contributed by atoms with E-state index in [1.54, 1.807) is 24.3 Å². The molecule has 0 aliphatic heterocycles. The number of hydrogen-bond acceptors (Lipinski definition) is 3. The van der Waals surface area contributed by atoms with E-state index >= 15 is 0 Å². The number of Topliss-reactive ketones (excluding diaryl/α,β-unsaturated/α-hetero) is 1. The number of ketones is 1. The van der Waals surface area contributed by atoms with Gasteiger partial charge in [-0.1, -0.05) is 23.7 Å². The van der Waals surface area contributed by atoms with Crippen LogP contribution in [-0.4, -0.2) is 18.4 Å². The van der Waals surface area contributed by atoms with Gasteiger partial charge < -0.3 is 0 Å². The predicted octanol–water partition coefficient (Wildman–Crippen LogP) is 2.25. The van der Waals surface area contributed by atoms with Crippen molar-refractivity contribution in [3.63, 3.8) is 0 Å². The molecule has 0 N–H and O–H groups in total. The van der Waals surface area contributed by atoms with Crippen LogP contribution < -0.4 is 0 Å². The van der Waals surface area contributed by atoms with Crippen molar-refractivity contribution in [2.75, 3.05) is 6.54 Å². The van der Waals surface area contributed by atoms with Crippen LogP contribution in [0.5, 0.6) is 0 Å². The Morgan fingerprint density at radius 2 is 2.29 bits per heavy atom. The monoisotopic (exact) mass is 209 g/mol. The maximum Gasteiger partial charge on any atom is 0.234 e. The molecule has 72 valence electrons. The van der Waals surface area contributed by atoms with E-state index < -0.39 is 0 Å². The second kappa shape index (κ2) is 5.32. The Balaban J connectivity index is 2.65. The highest BCUT2D eigenvalue weighted by atomic mass is 35.5. The molecule has 0 aromatic heterocycles. The van der Waals surface area contributed by atoms with Crippen LogP contribution >= 0.6 is 11.6 Å². The zero-order valence-corrected chi connectivity index (χ0v) is 8.12. The summed E-state index contributed by atoms with van der Waals surface area (Å²) in [5.74, 6) is -0.0773. The molecule has 0 saturated heterocycles. The summed E-state index contributed by atoms with van der Waals surface area (Å²) in [5, 5.41) is 0.523. The Morgan fingerprint density at radius 3 is 2.93 bits per heavy atom. The molecule has 0 fully saturated rings. The van der Waals surface area contributed by atoms with Crippen molar-refractivity contribution >= 4 is 23.5 Å². The molecule has 0 aliphatic rings. The number of aliphatic imine (C=N–C) groups is 1. The van der Waals surface area contributed by atoms with Gasteiger partial charge in [-0.25, -0.2) is 9.79 Å². The SMILES string of the molecule is O=C=NCCC(=O)c1cccc(Cl)c1. The van der Waals surface area contributed by atoms with Gasteiger partial charge >= 0.3 is 0 Å². The van der Waals surface area contributed by atoms with Crippen LogP contribution in [0.3, 0.4) is 0 Å². The molecule has 0 radical (unpaired) electrons. The average molecular weight is 210 g/mol. The van der Waals surface area contributed by atoms with Crippen molar-refractivity contribution in [1.29, 1.82) is 0 Å². The maximum absolute atomic E-state index is 11.4. The van der Waals surface area contributed by atoms with Gasteiger partial charge in [-0.2, -0.15) is 0 Å². The van der Waals surface area contributed by atoms with E-state index in [9.17, 15) is 9.59 Å². The number of hydrogen-bond donors (Lipinski definition) is 0. The highest BCUT2D eigenvalue weighted by molar-refractivity contribution is 6.31. The Morgan fingerprint density at radius 1 is 1.50 bits per heavy atom. The fraction of sp³-hybridized carbons (Fsp3) is 0.200. The first kappa shape index (κ1) is 10.6. The summed E-state index contributed by atoms with van der Waals surface area (Å²) in [5.41, 5.74) is 0.540. The minimum atomic E-state index is -0.0773. The van der Waals surface area contributed by atoms with Crippen LogP contribution in [-0.2, 0) is 4.79 Å². The minimum absolute atomic E-state index is 0.0773. The molecule has 0 spiro atoms. The molecule has 0 amide bonds. The van der Waals surface area contributed by atoms with Gasteiger partial charge in [-0.3, -0.25) is 4.79 Å². The van der Waals surface area contributed by atoms with E-state index in [2.05, 4.69) is 4.99 Å². The predicted molar refractivity (Wildman–Crippen MR) is 53.4 cm³/mol. The van der Waals surface area contributed by atoms with Crippen LogP contribution in [0.2, 0.25) is 5.02 Å². The van der Waals surface area contributed by atoms with Crippen LogP contribution in [0.1, 0.15) is 16.8 Å². The van der Waals surface area contributed by atoms with Crippen LogP contribution in [0.4, 0.5) is 0 Å². The lowest BCUT2D eigenvalue weighted by Gasteiger charge is -1.98. The number of rotatable bonds is 4. The van der Waals surface area contributed by atoms with E-state index in [0.717, 1.165) is 0 Å². The molecule has 1 aromatic carbocycles. The molecule has 0 saturated carbocycles. The van der Waals surface area contributed by atoms with Crippen molar-refractivity contribution in [1.82, 2.24) is 0 Å². The van der Waals surface area contributed by atoms with Gasteiger partial charge in [0.2, 0.25) is 6.08 Å². The summed E-state index contributed by atoms with van der Waals surface area (Å²) in [6.45, 7) is 0.175. The topological polar surface area (TPSA) is 46.5 Å². The number of nitrogens with zero attached hydrogens (tertiary/aromatic N) is 1. The lowest BCUT2D eigenvalue weighted by atomic mass is 10.1. The van der Waals surface area contributed by atoms with Gasteiger partial charge in [0.15, 0.2) is 5.78 Å². The molecule has 0 aliphatic carbocycles. The quantitative estimate of drug-likeness (QED) is 0.434. The average Bonchev–Trinajstić information content (AvgIpc) is 2.18. The highest BCUT2D eigenvalue weighted by Crippen LogP contribution is 2.12. The number of benzene rings is 1. The zero-order chi connectivity index (χ0) is 10.4. The first-order valence-corrected chi connectivity index (χ1v) is 4.44. The van der Waals surface area contributed by atoms with Gasteiger partial charge in [-0.05, 0) is 12.1 Å². The molecule has 1 rings (SSSR count). The summed E-state index contributed by atoms with van der Waals surface area (Å²) in [6.07, 6.45) is 1.59. The minimum Gasteiger partial charge on any atom is -0.294 e. The second-order valence-corrected chi connectivity index (χ2v) is 3.09. The van der Waals surface area contributed by atoms with Crippen LogP contribution in [0.15, 0.2) is 29.3 Å². The summed E-state index contributed by atoms with van der Waals surface area (Å²) in [7, 11) is 0. The van der Waals surface area contributed by atoms with E-state index in [1.807, 2.05) is 0 Å². The third-order valence-corrected chi connectivity index (χ3v) is 1.90. The van der Waals surface area contributed by atoms with E-state index in [0.29, 0.717) is 10.6 Å². The van der Waals surface area contributed by atoms with E-state index in [-0.39, 0.29) is 18.7 Å². The summed E-state index contributed by atoms with van der Waals surface area (Å²) in [4.78, 5) is 24.5. The fourth-order valence-electron chi connectivity index (χ4n) is 1.01. The summed E-state index contributed by atoms with van der Waals surface area (Å²) in [6, 6.07) is 6.67. The van der Waals surface area contributed by atoms with E-state index in [1.165, 1.54) is 6.08 Å². The number of halogens is 1. The Hall–Kier alpha value is -1.44. The Kier molecular flexibility index (Phi) is 4.05. The molecular formula is C10H8ClNO2. The van der Waals surface area contributed by atoms with Gasteiger partial charge in [0, 0.05) is 17.0 Å². The highest BCUT2D eigenvalue weighted by Gasteiger charge is 2.04. The third kappa shape index (κ3) is 3.13. The molecule has 1 aromatic rings. The molecule has 14 heavy (non-hydrogen) atoms. The van der Waals surface area contributed by atoms with Gasteiger partial charge in [0.25, 0.3) is 0 Å². The first-order chi connectivity index (χ1) is 6.74. The van der Waals surface area contributed by atoms with Crippen LogP contribution in [0.25, 0.3) is 0 Å². The van der Waals surface area contributed by atoms with Crippen LogP contribution in [0, 0.1) is 0 Å². The van der Waals surface area contributed by atoms with Crippen molar-refractivity contribution in [2.45, 2.75) is 6.42 Å². The van der Waals surface area contributed by atoms with Gasteiger partial charge in [-0.15, -0.1) is 0 Å². The Labute approximate surface area is 86.4 Å². The second-order valence-electron chi connectivity index (χ2n) is 2.66. The van der Waals surface area contributed by atoms with Crippen molar-refractivity contribution < 1.29 is 9.59 Å². The number of carbonyl (C=O) groups excluding carboxylic acids is 2. The third-order valence-electron chi connectivity index (χ3n) is 1.66. The Bertz CT molecular complexity index is 383. The first-order valence-electron chi connectivity index (χ1n) is 4.06. The molecular weight excluding hydrogens is 202 g/mol. The molecule has 0 bridgehead atoms. The molecule has 4 heteroatoms. The molecule has 3 nitrogen and oxygen atoms in total. The lowest BCUT2D eigenvalue weighted by Crippen LogP contribution is -2.00. The summed E-state index contributed by atoms with van der Waals surface area (Å²) < 4.78 is 0. The zero-order valence-electron chi connectivity index (χ0n) is 7.37. The normalized spacial score (nSPS) is 9.21.